The third-order valence-electron chi connectivity index (χ3n) is 10.9. The Hall–Kier alpha value is -5.07. The molecule has 2 aliphatic carbocycles. The summed E-state index contributed by atoms with van der Waals surface area (Å²) in [6, 6.07) is 2.09. The number of fused-ring (bicyclic) bond motifs is 3. The molecule has 19 heteroatoms. The maximum atomic E-state index is 14.9. The van der Waals surface area contributed by atoms with Crippen molar-refractivity contribution in [3.05, 3.63) is 59.4 Å². The molecule has 4 heterocycles. The largest absolute Gasteiger partial charge is 0.471 e. The number of sulfonamides is 1. The molecule has 1 aromatic carbocycles. The molecule has 2 saturated carbocycles. The Morgan fingerprint density at radius 2 is 1.88 bits per heavy atom. The van der Waals surface area contributed by atoms with Crippen molar-refractivity contribution < 1.29 is 50.0 Å². The van der Waals surface area contributed by atoms with Gasteiger partial charge in [-0.3, -0.25) is 23.9 Å². The van der Waals surface area contributed by atoms with Crippen LogP contribution in [0.5, 0.6) is 5.88 Å². The molecule has 2 aromatic heterocycles. The van der Waals surface area contributed by atoms with Crippen molar-refractivity contribution in [2.24, 2.45) is 5.92 Å². The van der Waals surface area contributed by atoms with E-state index in [9.17, 15) is 40.8 Å². The Kier molecular flexibility index (Phi) is 10.1. The second kappa shape index (κ2) is 14.5. The molecule has 0 radical (unpaired) electrons. The predicted molar refractivity (Wildman–Crippen MR) is 192 cm³/mol. The van der Waals surface area contributed by atoms with E-state index in [4.69, 9.17) is 9.26 Å². The molecule has 56 heavy (non-hydrogen) atoms. The summed E-state index contributed by atoms with van der Waals surface area (Å²) < 4.78 is 82.3. The number of ether oxygens (including phenoxy) is 1. The second-order valence-corrected chi connectivity index (χ2v) is 17.6. The van der Waals surface area contributed by atoms with Gasteiger partial charge >= 0.3 is 0 Å². The molecule has 0 bridgehead atoms. The number of carbonyl (C=O) groups excluding carboxylic acids is 4. The van der Waals surface area contributed by atoms with Crippen LogP contribution in [0.4, 0.5) is 13.2 Å². The van der Waals surface area contributed by atoms with Crippen LogP contribution in [-0.4, -0.2) is 87.1 Å². The highest BCUT2D eigenvalue weighted by Crippen LogP contribution is 2.47. The van der Waals surface area contributed by atoms with E-state index in [0.717, 1.165) is 17.0 Å². The van der Waals surface area contributed by atoms with Crippen molar-refractivity contribution in [2.75, 3.05) is 6.54 Å². The van der Waals surface area contributed by atoms with E-state index in [2.05, 4.69) is 30.5 Å². The van der Waals surface area contributed by atoms with Crippen molar-refractivity contribution in [1.82, 2.24) is 35.4 Å². The molecule has 300 valence electrons. The average Bonchev–Trinajstić information content (AvgIpc) is 3.93. The van der Waals surface area contributed by atoms with Gasteiger partial charge in [0, 0.05) is 31.4 Å². The van der Waals surface area contributed by atoms with Crippen LogP contribution in [0.2, 0.25) is 0 Å². The van der Waals surface area contributed by atoms with Crippen molar-refractivity contribution in [2.45, 2.75) is 113 Å². The summed E-state index contributed by atoms with van der Waals surface area (Å²) >= 11 is 0. The molecule has 5 atom stereocenters. The fourth-order valence-electron chi connectivity index (χ4n) is 7.19. The molecule has 3 aromatic rings. The van der Waals surface area contributed by atoms with Gasteiger partial charge in [0.25, 0.3) is 17.7 Å². The highest BCUT2D eigenvalue weighted by Gasteiger charge is 2.63. The Bertz CT molecular complexity index is 2220. The van der Waals surface area contributed by atoms with Crippen LogP contribution in [0.3, 0.4) is 0 Å². The van der Waals surface area contributed by atoms with Crippen LogP contribution in [0.1, 0.15) is 93.6 Å². The monoisotopic (exact) mass is 801 g/mol. The topological polar surface area (TPSA) is 203 Å². The lowest BCUT2D eigenvalue weighted by molar-refractivity contribution is -0.141. The summed E-state index contributed by atoms with van der Waals surface area (Å²) in [5, 5.41) is 9.17. The van der Waals surface area contributed by atoms with Crippen LogP contribution < -0.4 is 20.1 Å². The molecule has 4 aliphatic rings. The van der Waals surface area contributed by atoms with Gasteiger partial charge in [-0.05, 0) is 64.5 Å². The summed E-state index contributed by atoms with van der Waals surface area (Å²) in [5.41, 5.74) is -2.67. The van der Waals surface area contributed by atoms with Gasteiger partial charge in [0.1, 0.15) is 35.3 Å². The Morgan fingerprint density at radius 3 is 2.57 bits per heavy atom. The van der Waals surface area contributed by atoms with Gasteiger partial charge in [0.15, 0.2) is 11.4 Å². The maximum absolute atomic E-state index is 14.9. The highest BCUT2D eigenvalue weighted by atomic mass is 32.2. The standard InChI is InChI=1S/C37H42F3N7O8S/c1-20-15-27(45-55-20)30(48)42-25-10-8-6-4-5-7-9-21-18-37(21,34(51)46-56(52,53)35(2)13-14-35)44-31(49)28-17-23(19-47(28)33(25)50)54-32-29(36(3,39)40)41-24-12-11-22(38)16-26(24)43-32/h7,9,11-12,15-16,21,23,25,28H,4-6,8,10,13-14,17-19H2,1-3H3,(H,42,48)(H,44,49)(H,46,51)/b9-7-/t21-,23-,25+,28+,37-/m1/s1. The van der Waals surface area contributed by atoms with Gasteiger partial charge < -0.3 is 24.8 Å². The number of nitrogens with zero attached hydrogens (tertiary/aromatic N) is 4. The minimum absolute atomic E-state index is 0.0147. The summed E-state index contributed by atoms with van der Waals surface area (Å²) in [4.78, 5) is 65.2. The van der Waals surface area contributed by atoms with E-state index >= 15 is 0 Å². The number of benzene rings is 1. The summed E-state index contributed by atoms with van der Waals surface area (Å²) in [6.45, 7) is 3.36. The van der Waals surface area contributed by atoms with Crippen molar-refractivity contribution >= 4 is 44.7 Å². The first-order valence-electron chi connectivity index (χ1n) is 18.5. The normalized spacial score (nSPS) is 27.2. The molecule has 0 unspecified atom stereocenters. The number of allylic oxidation sites excluding steroid dienone is 1. The number of nitrogens with one attached hydrogen (secondary N) is 3. The SMILES string of the molecule is Cc1cc(C(=O)N[C@H]2CCCCC/C=C\[C@@H]3C[C@@]3(C(=O)NS(=O)(=O)C3(C)CC3)NC(=O)[C@@H]3C[C@@H](Oc4nc5cc(F)ccc5nc4C(C)(F)F)CN3C2=O)no1. The summed E-state index contributed by atoms with van der Waals surface area (Å²) in [7, 11) is -4.08. The number of carbonyl (C=O) groups is 4. The fraction of sp³-hybridized carbons (Fsp3) is 0.541. The maximum Gasteiger partial charge on any atom is 0.292 e. The number of amides is 4. The first kappa shape index (κ1) is 39.2. The van der Waals surface area contributed by atoms with E-state index in [-0.39, 0.29) is 42.5 Å². The first-order chi connectivity index (χ1) is 26.4. The van der Waals surface area contributed by atoms with Crippen molar-refractivity contribution in [3.8, 4) is 5.88 Å². The molecular weight excluding hydrogens is 760 g/mol. The predicted octanol–water partition coefficient (Wildman–Crippen LogP) is 3.72. The molecule has 0 spiro atoms. The van der Waals surface area contributed by atoms with Crippen molar-refractivity contribution in [1.29, 1.82) is 0 Å². The van der Waals surface area contributed by atoms with Crippen LogP contribution in [0, 0.1) is 18.7 Å². The highest BCUT2D eigenvalue weighted by molar-refractivity contribution is 7.91. The molecule has 3 fully saturated rings. The number of alkyl halides is 2. The first-order valence-corrected chi connectivity index (χ1v) is 20.0. The van der Waals surface area contributed by atoms with Gasteiger partial charge in [-0.25, -0.2) is 22.8 Å². The third-order valence-corrected chi connectivity index (χ3v) is 13.1. The van der Waals surface area contributed by atoms with Crippen LogP contribution in [0.25, 0.3) is 11.0 Å². The Morgan fingerprint density at radius 1 is 1.11 bits per heavy atom. The second-order valence-electron chi connectivity index (χ2n) is 15.5. The van der Waals surface area contributed by atoms with E-state index in [1.807, 2.05) is 6.08 Å². The van der Waals surface area contributed by atoms with Crippen LogP contribution >= 0.6 is 0 Å². The molecule has 3 N–H and O–H groups in total. The Balaban J connectivity index is 1.23. The Labute approximate surface area is 320 Å². The number of halogens is 3. The number of hydrogen-bond donors (Lipinski definition) is 3. The van der Waals surface area contributed by atoms with Crippen molar-refractivity contribution in [3.63, 3.8) is 0 Å². The van der Waals surface area contributed by atoms with E-state index < -0.39 is 91.4 Å². The van der Waals surface area contributed by atoms with Gasteiger partial charge in [0.2, 0.25) is 27.7 Å². The number of aromatic nitrogens is 3. The van der Waals surface area contributed by atoms with E-state index in [1.165, 1.54) is 19.1 Å². The average molecular weight is 802 g/mol. The lowest BCUT2D eigenvalue weighted by atomic mass is 10.0. The molecule has 7 rings (SSSR count). The molecular formula is C37H42F3N7O8S. The summed E-state index contributed by atoms with van der Waals surface area (Å²) in [6.07, 6.45) is 5.65. The van der Waals surface area contributed by atoms with Gasteiger partial charge in [-0.15, -0.1) is 0 Å². The fourth-order valence-corrected chi connectivity index (χ4v) is 8.50. The number of rotatable bonds is 8. The van der Waals surface area contributed by atoms with Gasteiger partial charge in [0.05, 0.1) is 22.3 Å². The van der Waals surface area contributed by atoms with Gasteiger partial charge in [-0.1, -0.05) is 30.2 Å². The molecule has 4 amide bonds. The lowest BCUT2D eigenvalue weighted by Gasteiger charge is -2.30. The minimum Gasteiger partial charge on any atom is -0.471 e. The van der Waals surface area contributed by atoms with Crippen LogP contribution in [0.15, 0.2) is 40.9 Å². The zero-order chi connectivity index (χ0) is 40.2. The van der Waals surface area contributed by atoms with E-state index in [1.54, 1.807) is 13.0 Å². The number of aryl methyl sites for hydroxylation is 1. The zero-order valence-electron chi connectivity index (χ0n) is 30.9. The quantitative estimate of drug-likeness (QED) is 0.280. The number of hydrogen-bond acceptors (Lipinski definition) is 11. The summed E-state index contributed by atoms with van der Waals surface area (Å²) in [5.74, 6) is -8.23. The zero-order valence-corrected chi connectivity index (χ0v) is 31.8. The third kappa shape index (κ3) is 7.82. The lowest BCUT2D eigenvalue weighted by Crippen LogP contribution is -2.58. The smallest absolute Gasteiger partial charge is 0.292 e. The molecule has 1 saturated heterocycles. The molecule has 2 aliphatic heterocycles. The van der Waals surface area contributed by atoms with Crippen LogP contribution in [-0.2, 0) is 30.3 Å². The molecule has 15 nitrogen and oxygen atoms in total. The van der Waals surface area contributed by atoms with Gasteiger partial charge in [-0.2, -0.15) is 8.78 Å². The van der Waals surface area contributed by atoms with E-state index in [0.29, 0.717) is 51.2 Å². The minimum atomic E-state index is -4.08.